The number of aliphatic hydroxyl groups excluding tert-OH is 1. The Labute approximate surface area is 199 Å². The number of carbonyl (C=O) groups excluding carboxylic acids is 3. The van der Waals surface area contributed by atoms with Gasteiger partial charge in [0.1, 0.15) is 5.76 Å². The summed E-state index contributed by atoms with van der Waals surface area (Å²) in [6.45, 7) is 6.75. The Kier molecular flexibility index (Phi) is 6.15. The summed E-state index contributed by atoms with van der Waals surface area (Å²) < 4.78 is 0. The minimum Gasteiger partial charge on any atom is -0.507 e. The number of likely N-dealkylation sites (tertiary alicyclic amines) is 1. The lowest BCUT2D eigenvalue weighted by Gasteiger charge is -2.34. The number of Topliss-reactive ketones (excluding diaryl/α,β-unsaturated/α-hetero) is 1. The first kappa shape index (κ1) is 23.4. The normalized spacial score (nSPS) is 21.1. The fraction of sp³-hybridized carbons (Fsp3) is 0.296. The second-order valence-electron chi connectivity index (χ2n) is 8.96. The smallest absolute Gasteiger partial charge is 0.296 e. The Morgan fingerprint density at radius 1 is 1.09 bits per heavy atom. The molecule has 1 fully saturated rings. The Bertz CT molecular complexity index is 1200. The molecule has 0 saturated carbocycles. The number of hydrogen-bond donors (Lipinski definition) is 1. The quantitative estimate of drug-likeness (QED) is 0.298. The molecule has 1 N–H and O–H groups in total. The van der Waals surface area contributed by atoms with Crippen molar-refractivity contribution in [2.75, 3.05) is 38.6 Å². The first-order chi connectivity index (χ1) is 16.2. The van der Waals surface area contributed by atoms with E-state index in [-0.39, 0.29) is 24.4 Å². The molecule has 2 amide bonds. The first-order valence-corrected chi connectivity index (χ1v) is 11.3. The molecule has 2 aromatic rings. The number of aryl methyl sites for hydroxylation is 1. The summed E-state index contributed by atoms with van der Waals surface area (Å²) in [7, 11) is 3.84. The van der Waals surface area contributed by atoms with Gasteiger partial charge < -0.3 is 19.8 Å². The van der Waals surface area contributed by atoms with E-state index in [1.54, 1.807) is 42.5 Å². The van der Waals surface area contributed by atoms with Gasteiger partial charge in [0.15, 0.2) is 5.54 Å². The molecular formula is C27H29N3O4. The van der Waals surface area contributed by atoms with E-state index < -0.39 is 23.1 Å². The lowest BCUT2D eigenvalue weighted by molar-refractivity contribution is -0.143. The van der Waals surface area contributed by atoms with Gasteiger partial charge in [-0.2, -0.15) is 0 Å². The maximum Gasteiger partial charge on any atom is 0.296 e. The van der Waals surface area contributed by atoms with Gasteiger partial charge in [0.25, 0.3) is 17.6 Å². The maximum absolute atomic E-state index is 14.2. The molecule has 34 heavy (non-hydrogen) atoms. The summed E-state index contributed by atoms with van der Waals surface area (Å²) in [6.07, 6.45) is 2.16. The number of anilines is 1. The fourth-order valence-electron chi connectivity index (χ4n) is 4.88. The zero-order valence-corrected chi connectivity index (χ0v) is 19.7. The van der Waals surface area contributed by atoms with Gasteiger partial charge >= 0.3 is 0 Å². The Morgan fingerprint density at radius 2 is 1.76 bits per heavy atom. The largest absolute Gasteiger partial charge is 0.507 e. The average Bonchev–Trinajstić information content (AvgIpc) is 3.18. The fourth-order valence-corrected chi connectivity index (χ4v) is 4.88. The van der Waals surface area contributed by atoms with Gasteiger partial charge in [0, 0.05) is 24.2 Å². The van der Waals surface area contributed by atoms with Crippen LogP contribution in [0.15, 0.2) is 66.8 Å². The summed E-state index contributed by atoms with van der Waals surface area (Å²) in [4.78, 5) is 45.9. The van der Waals surface area contributed by atoms with Gasteiger partial charge in [-0.05, 0) is 40.1 Å². The van der Waals surface area contributed by atoms with Crippen molar-refractivity contribution < 1.29 is 19.5 Å². The SMILES string of the molecule is C=CCN1C(=O)C2(/C(=C(/O)c3ccc(C)cc3)C(=O)C(=O)N2CCCN(C)C)c2ccccc21. The van der Waals surface area contributed by atoms with E-state index >= 15 is 0 Å². The summed E-state index contributed by atoms with van der Waals surface area (Å²) >= 11 is 0. The molecule has 0 bridgehead atoms. The Morgan fingerprint density at radius 3 is 2.41 bits per heavy atom. The molecule has 0 radical (unpaired) electrons. The lowest BCUT2D eigenvalue weighted by Crippen LogP contribution is -2.52. The molecule has 176 valence electrons. The van der Waals surface area contributed by atoms with Gasteiger partial charge in [-0.1, -0.05) is 54.1 Å². The number of amides is 2. The number of fused-ring (bicyclic) bond motifs is 2. The minimum absolute atomic E-state index is 0.185. The second kappa shape index (κ2) is 8.91. The topological polar surface area (TPSA) is 81.2 Å². The minimum atomic E-state index is -1.73. The number of carbonyl (C=O) groups is 3. The van der Waals surface area contributed by atoms with Crippen molar-refractivity contribution in [1.82, 2.24) is 9.80 Å². The van der Waals surface area contributed by atoms with Crippen LogP contribution >= 0.6 is 0 Å². The summed E-state index contributed by atoms with van der Waals surface area (Å²) in [5.74, 6) is -2.43. The van der Waals surface area contributed by atoms with E-state index in [1.807, 2.05) is 38.1 Å². The molecule has 2 aromatic carbocycles. The maximum atomic E-state index is 14.2. The highest BCUT2D eigenvalue weighted by Gasteiger charge is 2.66. The van der Waals surface area contributed by atoms with Gasteiger partial charge in [0.2, 0.25) is 0 Å². The third-order valence-corrected chi connectivity index (χ3v) is 6.43. The number of aliphatic hydroxyl groups is 1. The summed E-state index contributed by atoms with van der Waals surface area (Å²) in [5.41, 5.74) is 0.560. The Hall–Kier alpha value is -3.71. The van der Waals surface area contributed by atoms with E-state index in [1.165, 1.54) is 9.80 Å². The van der Waals surface area contributed by atoms with Crippen molar-refractivity contribution in [2.24, 2.45) is 0 Å². The number of ketones is 1. The molecule has 1 unspecified atom stereocenters. The number of para-hydroxylation sites is 1. The molecule has 2 aliphatic heterocycles. The van der Waals surface area contributed by atoms with E-state index in [2.05, 4.69) is 6.58 Å². The van der Waals surface area contributed by atoms with Gasteiger partial charge in [0.05, 0.1) is 11.3 Å². The number of nitrogens with zero attached hydrogens (tertiary/aromatic N) is 3. The predicted molar refractivity (Wildman–Crippen MR) is 131 cm³/mol. The number of rotatable bonds is 7. The molecule has 4 rings (SSSR count). The van der Waals surface area contributed by atoms with E-state index in [0.717, 1.165) is 5.56 Å². The Balaban J connectivity index is 2.00. The summed E-state index contributed by atoms with van der Waals surface area (Å²) in [5, 5.41) is 11.4. The molecule has 1 spiro atoms. The lowest BCUT2D eigenvalue weighted by atomic mass is 9.81. The molecule has 0 aromatic heterocycles. The molecule has 0 aliphatic carbocycles. The average molecular weight is 460 g/mol. The van der Waals surface area contributed by atoms with Crippen molar-refractivity contribution in [2.45, 2.75) is 18.9 Å². The van der Waals surface area contributed by atoms with Crippen LogP contribution in [0.4, 0.5) is 5.69 Å². The first-order valence-electron chi connectivity index (χ1n) is 11.3. The van der Waals surface area contributed by atoms with Crippen LogP contribution in [0.5, 0.6) is 0 Å². The third kappa shape index (κ3) is 3.44. The van der Waals surface area contributed by atoms with Crippen molar-refractivity contribution >= 4 is 29.0 Å². The van der Waals surface area contributed by atoms with Gasteiger partial charge in [-0.15, -0.1) is 6.58 Å². The zero-order valence-electron chi connectivity index (χ0n) is 19.7. The molecule has 7 nitrogen and oxygen atoms in total. The van der Waals surface area contributed by atoms with Crippen molar-refractivity contribution in [1.29, 1.82) is 0 Å². The van der Waals surface area contributed by atoms with Crippen LogP contribution in [0.1, 0.15) is 23.1 Å². The van der Waals surface area contributed by atoms with Crippen molar-refractivity contribution in [3.05, 3.63) is 83.4 Å². The van der Waals surface area contributed by atoms with Crippen LogP contribution in [0.25, 0.3) is 5.76 Å². The van der Waals surface area contributed by atoms with Crippen molar-refractivity contribution in [3.63, 3.8) is 0 Å². The van der Waals surface area contributed by atoms with Gasteiger partial charge in [-0.25, -0.2) is 0 Å². The highest BCUT2D eigenvalue weighted by molar-refractivity contribution is 6.50. The number of benzene rings is 2. The number of hydrogen-bond acceptors (Lipinski definition) is 5. The second-order valence-corrected chi connectivity index (χ2v) is 8.96. The van der Waals surface area contributed by atoms with Crippen LogP contribution in [-0.4, -0.2) is 66.2 Å². The van der Waals surface area contributed by atoms with Crippen LogP contribution < -0.4 is 4.90 Å². The third-order valence-electron chi connectivity index (χ3n) is 6.43. The highest BCUT2D eigenvalue weighted by atomic mass is 16.3. The monoisotopic (exact) mass is 459 g/mol. The molecule has 2 aliphatic rings. The molecular weight excluding hydrogens is 430 g/mol. The molecule has 1 atom stereocenters. The standard InChI is InChI=1S/C27H29N3O4/c1-5-15-29-21-10-7-6-9-20(21)27(26(29)34)22(23(31)19-13-11-18(2)12-14-19)24(32)25(33)30(27)17-8-16-28(3)4/h5-7,9-14,31H,1,8,15-17H2,2-4H3/b23-22+. The van der Waals surface area contributed by atoms with Crippen LogP contribution in [0.2, 0.25) is 0 Å². The van der Waals surface area contributed by atoms with Gasteiger partial charge in [-0.3, -0.25) is 14.4 Å². The zero-order chi connectivity index (χ0) is 24.6. The predicted octanol–water partition coefficient (Wildman–Crippen LogP) is 3.06. The molecule has 7 heteroatoms. The van der Waals surface area contributed by atoms with Crippen LogP contribution in [-0.2, 0) is 19.9 Å². The molecule has 2 heterocycles. The highest BCUT2D eigenvalue weighted by Crippen LogP contribution is 2.53. The van der Waals surface area contributed by atoms with Crippen LogP contribution in [0.3, 0.4) is 0 Å². The summed E-state index contributed by atoms with van der Waals surface area (Å²) in [6, 6.07) is 14.1. The van der Waals surface area contributed by atoms with E-state index in [4.69, 9.17) is 0 Å². The molecule has 1 saturated heterocycles. The van der Waals surface area contributed by atoms with E-state index in [0.29, 0.717) is 29.8 Å². The van der Waals surface area contributed by atoms with E-state index in [9.17, 15) is 19.5 Å². The van der Waals surface area contributed by atoms with Crippen LogP contribution in [0, 0.1) is 6.92 Å². The van der Waals surface area contributed by atoms with Crippen molar-refractivity contribution in [3.8, 4) is 0 Å².